The summed E-state index contributed by atoms with van der Waals surface area (Å²) in [5.41, 5.74) is 0. The summed E-state index contributed by atoms with van der Waals surface area (Å²) >= 11 is 1.76. The number of halogens is 1. The zero-order valence-electron chi connectivity index (χ0n) is 14.0. The molecule has 0 saturated carbocycles. The van der Waals surface area contributed by atoms with Crippen LogP contribution in [0.5, 0.6) is 0 Å². The van der Waals surface area contributed by atoms with E-state index >= 15 is 0 Å². The Morgan fingerprint density at radius 2 is 2.23 bits per heavy atom. The molecule has 0 bridgehead atoms. The molecule has 126 valence electrons. The number of hydrogen-bond donors (Lipinski definition) is 1. The minimum Gasteiger partial charge on any atom is -0.356 e. The number of thiazole rings is 1. The molecule has 4 nitrogen and oxygen atoms in total. The van der Waals surface area contributed by atoms with E-state index < -0.39 is 0 Å². The molecule has 0 radical (unpaired) electrons. The van der Waals surface area contributed by atoms with Gasteiger partial charge in [-0.25, -0.2) is 4.98 Å². The van der Waals surface area contributed by atoms with E-state index in [9.17, 15) is 0 Å². The Bertz CT molecular complexity index is 445. The van der Waals surface area contributed by atoms with Gasteiger partial charge in [0.25, 0.3) is 0 Å². The first-order valence-corrected chi connectivity index (χ1v) is 8.43. The zero-order valence-corrected chi connectivity index (χ0v) is 17.1. The predicted octanol–water partition coefficient (Wildman–Crippen LogP) is 3.87. The van der Waals surface area contributed by atoms with Crippen LogP contribution in [0.2, 0.25) is 0 Å². The number of aliphatic imine (C=N–C) groups is 1. The van der Waals surface area contributed by atoms with Crippen LogP contribution in [0, 0.1) is 6.92 Å². The van der Waals surface area contributed by atoms with Crippen LogP contribution in [0.4, 0.5) is 0 Å². The highest BCUT2D eigenvalue weighted by molar-refractivity contribution is 14.0. The van der Waals surface area contributed by atoms with Crippen LogP contribution in [0.15, 0.2) is 23.8 Å². The van der Waals surface area contributed by atoms with E-state index in [1.165, 1.54) is 29.1 Å². The van der Waals surface area contributed by atoms with Gasteiger partial charge in [-0.3, -0.25) is 4.99 Å². The topological polar surface area (TPSA) is 40.5 Å². The zero-order chi connectivity index (χ0) is 15.5. The summed E-state index contributed by atoms with van der Waals surface area (Å²) in [4.78, 5) is 12.2. The summed E-state index contributed by atoms with van der Waals surface area (Å²) in [6, 6.07) is 0. The molecule has 0 amide bonds. The van der Waals surface area contributed by atoms with Crippen molar-refractivity contribution in [2.24, 2.45) is 4.99 Å². The predicted molar refractivity (Wildman–Crippen MR) is 109 cm³/mol. The van der Waals surface area contributed by atoms with E-state index in [1.54, 1.807) is 11.3 Å². The molecule has 0 atom stereocenters. The van der Waals surface area contributed by atoms with Crippen LogP contribution in [-0.2, 0) is 6.42 Å². The maximum absolute atomic E-state index is 4.38. The first-order valence-electron chi connectivity index (χ1n) is 7.61. The quantitative estimate of drug-likeness (QED) is 0.210. The number of nitrogens with one attached hydrogen (secondary N) is 1. The van der Waals surface area contributed by atoms with Gasteiger partial charge in [-0.1, -0.05) is 12.5 Å². The summed E-state index contributed by atoms with van der Waals surface area (Å²) in [6.07, 6.45) is 9.65. The molecule has 0 spiro atoms. The van der Waals surface area contributed by atoms with Crippen LogP contribution in [-0.4, -0.2) is 43.0 Å². The molecule has 0 saturated heterocycles. The van der Waals surface area contributed by atoms with Crippen molar-refractivity contribution < 1.29 is 0 Å². The van der Waals surface area contributed by atoms with Crippen LogP contribution in [0.25, 0.3) is 0 Å². The molecule has 1 N–H and O–H groups in total. The van der Waals surface area contributed by atoms with Crippen molar-refractivity contribution in [3.05, 3.63) is 28.7 Å². The van der Waals surface area contributed by atoms with Gasteiger partial charge in [-0.15, -0.1) is 41.9 Å². The fourth-order valence-corrected chi connectivity index (χ4v) is 2.89. The van der Waals surface area contributed by atoms with Gasteiger partial charge in [0.05, 0.1) is 5.01 Å². The Morgan fingerprint density at radius 3 is 2.82 bits per heavy atom. The van der Waals surface area contributed by atoms with Gasteiger partial charge in [0.15, 0.2) is 5.96 Å². The SMILES string of the molecule is C=CCCCCCN(C)C(=NC)NCCc1ncc(C)s1.I. The minimum atomic E-state index is 0. The standard InChI is InChI=1S/C16H28N4S.HI/c1-5-6-7-8-9-12-20(4)16(17-3)18-11-10-15-19-13-14(2)21-15;/h5,13H,1,6-12H2,2-4H3,(H,17,18);1H. The maximum Gasteiger partial charge on any atom is 0.193 e. The molecule has 1 aromatic heterocycles. The van der Waals surface area contributed by atoms with Crippen molar-refractivity contribution in [1.29, 1.82) is 0 Å². The molecule has 22 heavy (non-hydrogen) atoms. The molecular weight excluding hydrogens is 407 g/mol. The monoisotopic (exact) mass is 436 g/mol. The lowest BCUT2D eigenvalue weighted by atomic mass is 10.2. The number of aryl methyl sites for hydroxylation is 1. The van der Waals surface area contributed by atoms with Gasteiger partial charge in [-0.05, 0) is 26.2 Å². The Balaban J connectivity index is 0.00000441. The van der Waals surface area contributed by atoms with E-state index in [2.05, 4.69) is 40.7 Å². The smallest absolute Gasteiger partial charge is 0.193 e. The van der Waals surface area contributed by atoms with Crippen molar-refractivity contribution >= 4 is 41.3 Å². The highest BCUT2D eigenvalue weighted by Gasteiger charge is 2.05. The van der Waals surface area contributed by atoms with E-state index in [1.807, 2.05) is 19.3 Å². The molecule has 0 aliphatic rings. The molecule has 0 aliphatic carbocycles. The Morgan fingerprint density at radius 1 is 1.45 bits per heavy atom. The Labute approximate surface area is 156 Å². The van der Waals surface area contributed by atoms with Crippen LogP contribution in [0.1, 0.15) is 35.6 Å². The Hall–Kier alpha value is -0.630. The number of guanidine groups is 1. The van der Waals surface area contributed by atoms with Crippen LogP contribution >= 0.6 is 35.3 Å². The third-order valence-electron chi connectivity index (χ3n) is 3.27. The molecule has 1 heterocycles. The molecule has 1 aromatic rings. The van der Waals surface area contributed by atoms with Crippen molar-refractivity contribution in [3.8, 4) is 0 Å². The van der Waals surface area contributed by atoms with Crippen molar-refractivity contribution in [2.75, 3.05) is 27.2 Å². The average molecular weight is 436 g/mol. The lowest BCUT2D eigenvalue weighted by Gasteiger charge is -2.21. The number of unbranched alkanes of at least 4 members (excludes halogenated alkanes) is 3. The summed E-state index contributed by atoms with van der Waals surface area (Å²) in [6.45, 7) is 7.75. The summed E-state index contributed by atoms with van der Waals surface area (Å²) in [5.74, 6) is 0.965. The fraction of sp³-hybridized carbons (Fsp3) is 0.625. The Kier molecular flexibility index (Phi) is 12.5. The maximum atomic E-state index is 4.38. The molecular formula is C16H29IN4S. The van der Waals surface area contributed by atoms with E-state index in [-0.39, 0.29) is 24.0 Å². The van der Waals surface area contributed by atoms with Crippen LogP contribution < -0.4 is 5.32 Å². The molecule has 1 rings (SSSR count). The minimum absolute atomic E-state index is 0. The number of aromatic nitrogens is 1. The van der Waals surface area contributed by atoms with Gasteiger partial charge in [0, 0.05) is 44.7 Å². The third kappa shape index (κ3) is 8.73. The molecule has 0 aromatic carbocycles. The number of hydrogen-bond acceptors (Lipinski definition) is 3. The molecule has 0 fully saturated rings. The summed E-state index contributed by atoms with van der Waals surface area (Å²) in [5, 5.41) is 4.59. The number of allylic oxidation sites excluding steroid dienone is 1. The highest BCUT2D eigenvalue weighted by Crippen LogP contribution is 2.11. The first-order chi connectivity index (χ1) is 10.2. The van der Waals surface area contributed by atoms with Crippen molar-refractivity contribution in [2.45, 2.75) is 39.0 Å². The second kappa shape index (κ2) is 12.9. The van der Waals surface area contributed by atoms with Crippen LogP contribution in [0.3, 0.4) is 0 Å². The van der Waals surface area contributed by atoms with Gasteiger partial charge in [0.1, 0.15) is 0 Å². The summed E-state index contributed by atoms with van der Waals surface area (Å²) < 4.78 is 0. The number of nitrogens with zero attached hydrogens (tertiary/aromatic N) is 3. The van der Waals surface area contributed by atoms with Crippen molar-refractivity contribution in [1.82, 2.24) is 15.2 Å². The molecule has 0 aliphatic heterocycles. The normalized spacial score (nSPS) is 11.0. The van der Waals surface area contributed by atoms with Gasteiger partial charge in [-0.2, -0.15) is 0 Å². The largest absolute Gasteiger partial charge is 0.356 e. The molecule has 6 heteroatoms. The first kappa shape index (κ1) is 21.4. The lowest BCUT2D eigenvalue weighted by molar-refractivity contribution is 0.455. The fourth-order valence-electron chi connectivity index (χ4n) is 2.10. The second-order valence-corrected chi connectivity index (χ2v) is 6.47. The lowest BCUT2D eigenvalue weighted by Crippen LogP contribution is -2.40. The van der Waals surface area contributed by atoms with Gasteiger partial charge >= 0.3 is 0 Å². The third-order valence-corrected chi connectivity index (χ3v) is 4.24. The van der Waals surface area contributed by atoms with E-state index in [4.69, 9.17) is 0 Å². The van der Waals surface area contributed by atoms with Crippen molar-refractivity contribution in [3.63, 3.8) is 0 Å². The second-order valence-electron chi connectivity index (χ2n) is 5.15. The highest BCUT2D eigenvalue weighted by atomic mass is 127. The van der Waals surface area contributed by atoms with Gasteiger partial charge < -0.3 is 10.2 Å². The molecule has 0 unspecified atom stereocenters. The van der Waals surface area contributed by atoms with Gasteiger partial charge in [0.2, 0.25) is 0 Å². The van der Waals surface area contributed by atoms with E-state index in [0.717, 1.165) is 31.9 Å². The number of rotatable bonds is 9. The summed E-state index contributed by atoms with van der Waals surface area (Å²) in [7, 11) is 3.93. The average Bonchev–Trinajstić information content (AvgIpc) is 2.88. The van der Waals surface area contributed by atoms with E-state index in [0.29, 0.717) is 0 Å².